The summed E-state index contributed by atoms with van der Waals surface area (Å²) in [5, 5.41) is 0. The first-order valence-electron chi connectivity index (χ1n) is 4.78. The van der Waals surface area contributed by atoms with Gasteiger partial charge in [0, 0.05) is 18.4 Å². The lowest BCUT2D eigenvalue weighted by molar-refractivity contribution is 0.664. The summed E-state index contributed by atoms with van der Waals surface area (Å²) >= 11 is 0. The third kappa shape index (κ3) is 2.19. The van der Waals surface area contributed by atoms with E-state index in [4.69, 9.17) is 5.73 Å². The van der Waals surface area contributed by atoms with Crippen molar-refractivity contribution in [1.82, 2.24) is 19.5 Å². The lowest BCUT2D eigenvalue weighted by atomic mass is 10.2. The Bertz CT molecular complexity index is 420. The Balaban J connectivity index is 2.21. The second-order valence-corrected chi connectivity index (χ2v) is 3.44. The summed E-state index contributed by atoms with van der Waals surface area (Å²) in [5.41, 5.74) is 7.78. The molecule has 0 spiro atoms. The highest BCUT2D eigenvalue weighted by Gasteiger charge is 2.06. The van der Waals surface area contributed by atoms with Crippen LogP contribution in [0.25, 0.3) is 0 Å². The second kappa shape index (κ2) is 4.18. The van der Waals surface area contributed by atoms with Gasteiger partial charge in [-0.05, 0) is 13.0 Å². The van der Waals surface area contributed by atoms with E-state index in [0.29, 0.717) is 6.54 Å². The van der Waals surface area contributed by atoms with Crippen molar-refractivity contribution in [3.8, 4) is 0 Å². The van der Waals surface area contributed by atoms with Crippen LogP contribution in [-0.4, -0.2) is 19.5 Å². The third-order valence-electron chi connectivity index (χ3n) is 2.19. The van der Waals surface area contributed by atoms with E-state index in [9.17, 15) is 0 Å². The van der Waals surface area contributed by atoms with Crippen LogP contribution in [0.5, 0.6) is 0 Å². The lowest BCUT2D eigenvalue weighted by Gasteiger charge is -2.09. The van der Waals surface area contributed by atoms with Gasteiger partial charge >= 0.3 is 0 Å². The summed E-state index contributed by atoms with van der Waals surface area (Å²) in [6, 6.07) is 1.86. The molecule has 0 bridgehead atoms. The number of rotatable bonds is 3. The zero-order chi connectivity index (χ0) is 10.7. The van der Waals surface area contributed by atoms with Gasteiger partial charge in [0.15, 0.2) is 0 Å². The van der Waals surface area contributed by atoms with E-state index in [-0.39, 0.29) is 6.04 Å². The van der Waals surface area contributed by atoms with Crippen LogP contribution in [-0.2, 0) is 6.54 Å². The number of hydrogen-bond acceptors (Lipinski definition) is 4. The first kappa shape index (κ1) is 9.79. The summed E-state index contributed by atoms with van der Waals surface area (Å²) < 4.78 is 1.99. The zero-order valence-electron chi connectivity index (χ0n) is 8.54. The van der Waals surface area contributed by atoms with Crippen LogP contribution in [0.15, 0.2) is 31.1 Å². The van der Waals surface area contributed by atoms with E-state index in [2.05, 4.69) is 15.0 Å². The molecular formula is C10H13N5. The highest BCUT2D eigenvalue weighted by atomic mass is 15.1. The van der Waals surface area contributed by atoms with Gasteiger partial charge in [0.05, 0.1) is 24.3 Å². The van der Waals surface area contributed by atoms with Crippen LogP contribution in [0.4, 0.5) is 0 Å². The summed E-state index contributed by atoms with van der Waals surface area (Å²) in [6.07, 6.45) is 6.81. The van der Waals surface area contributed by atoms with Crippen molar-refractivity contribution in [2.75, 3.05) is 0 Å². The van der Waals surface area contributed by atoms with E-state index in [1.54, 1.807) is 18.7 Å². The minimum Gasteiger partial charge on any atom is -0.327 e. The SMILES string of the molecule is CC(N)c1cncn1Cc1ccncn1. The van der Waals surface area contributed by atoms with E-state index in [1.165, 1.54) is 6.33 Å². The molecule has 0 radical (unpaired) electrons. The molecule has 2 rings (SSSR count). The molecule has 0 aliphatic carbocycles. The molecule has 1 unspecified atom stereocenters. The molecule has 0 aliphatic heterocycles. The number of aromatic nitrogens is 4. The fourth-order valence-corrected chi connectivity index (χ4v) is 1.43. The maximum atomic E-state index is 5.82. The van der Waals surface area contributed by atoms with Gasteiger partial charge in [-0.3, -0.25) is 0 Å². The van der Waals surface area contributed by atoms with Crippen molar-refractivity contribution >= 4 is 0 Å². The summed E-state index contributed by atoms with van der Waals surface area (Å²) in [7, 11) is 0. The summed E-state index contributed by atoms with van der Waals surface area (Å²) in [4.78, 5) is 12.1. The molecule has 1 atom stereocenters. The van der Waals surface area contributed by atoms with Crippen LogP contribution in [0.3, 0.4) is 0 Å². The second-order valence-electron chi connectivity index (χ2n) is 3.44. The van der Waals surface area contributed by atoms with Crippen molar-refractivity contribution in [3.05, 3.63) is 42.5 Å². The van der Waals surface area contributed by atoms with Crippen LogP contribution in [0, 0.1) is 0 Å². The first-order chi connectivity index (χ1) is 7.27. The Hall–Kier alpha value is -1.75. The third-order valence-corrected chi connectivity index (χ3v) is 2.19. The Morgan fingerprint density at radius 3 is 3.00 bits per heavy atom. The van der Waals surface area contributed by atoms with Crippen molar-refractivity contribution in [3.63, 3.8) is 0 Å². The monoisotopic (exact) mass is 203 g/mol. The number of nitrogens with zero attached hydrogens (tertiary/aromatic N) is 4. The number of hydrogen-bond donors (Lipinski definition) is 1. The predicted octanol–water partition coefficient (Wildman–Crippen LogP) is 0.741. The summed E-state index contributed by atoms with van der Waals surface area (Å²) in [5.74, 6) is 0. The predicted molar refractivity (Wildman–Crippen MR) is 56.0 cm³/mol. The van der Waals surface area contributed by atoms with Crippen LogP contribution in [0.1, 0.15) is 24.4 Å². The molecule has 15 heavy (non-hydrogen) atoms. The molecule has 0 amide bonds. The molecule has 2 N–H and O–H groups in total. The molecule has 0 aromatic carbocycles. The molecular weight excluding hydrogens is 190 g/mol. The molecule has 0 fully saturated rings. The standard InChI is InChI=1S/C10H13N5/c1-8(11)10-4-13-7-15(10)5-9-2-3-12-6-14-9/h2-4,6-8H,5,11H2,1H3. The van der Waals surface area contributed by atoms with Crippen molar-refractivity contribution in [1.29, 1.82) is 0 Å². The molecule has 78 valence electrons. The van der Waals surface area contributed by atoms with E-state index < -0.39 is 0 Å². The van der Waals surface area contributed by atoms with Gasteiger partial charge < -0.3 is 10.3 Å². The number of imidazole rings is 1. The van der Waals surface area contributed by atoms with Crippen LogP contribution < -0.4 is 5.73 Å². The molecule has 5 nitrogen and oxygen atoms in total. The van der Waals surface area contributed by atoms with Crippen LogP contribution in [0.2, 0.25) is 0 Å². The van der Waals surface area contributed by atoms with Gasteiger partial charge in [-0.15, -0.1) is 0 Å². The van der Waals surface area contributed by atoms with E-state index >= 15 is 0 Å². The first-order valence-corrected chi connectivity index (χ1v) is 4.78. The molecule has 0 aliphatic rings. The smallest absolute Gasteiger partial charge is 0.115 e. The molecule has 2 heterocycles. The highest BCUT2D eigenvalue weighted by Crippen LogP contribution is 2.09. The van der Waals surface area contributed by atoms with Crippen molar-refractivity contribution in [2.24, 2.45) is 5.73 Å². The van der Waals surface area contributed by atoms with E-state index in [0.717, 1.165) is 11.4 Å². The average molecular weight is 203 g/mol. The summed E-state index contributed by atoms with van der Waals surface area (Å²) in [6.45, 7) is 2.62. The van der Waals surface area contributed by atoms with Crippen molar-refractivity contribution in [2.45, 2.75) is 19.5 Å². The molecule has 2 aromatic rings. The Morgan fingerprint density at radius 2 is 2.33 bits per heavy atom. The quantitative estimate of drug-likeness (QED) is 0.798. The van der Waals surface area contributed by atoms with Gasteiger partial charge in [0.1, 0.15) is 6.33 Å². The van der Waals surface area contributed by atoms with Gasteiger partial charge in [-0.2, -0.15) is 0 Å². The molecule has 2 aromatic heterocycles. The van der Waals surface area contributed by atoms with Gasteiger partial charge in [0.2, 0.25) is 0 Å². The zero-order valence-corrected chi connectivity index (χ0v) is 8.54. The maximum absolute atomic E-state index is 5.82. The fourth-order valence-electron chi connectivity index (χ4n) is 1.43. The molecule has 5 heteroatoms. The lowest BCUT2D eigenvalue weighted by Crippen LogP contribution is -2.12. The Labute approximate surface area is 88.0 Å². The van der Waals surface area contributed by atoms with Gasteiger partial charge in [-0.25, -0.2) is 15.0 Å². The van der Waals surface area contributed by atoms with Gasteiger partial charge in [-0.1, -0.05) is 0 Å². The average Bonchev–Trinajstić information content (AvgIpc) is 2.67. The van der Waals surface area contributed by atoms with Crippen LogP contribution >= 0.6 is 0 Å². The van der Waals surface area contributed by atoms with Crippen molar-refractivity contribution < 1.29 is 0 Å². The minimum absolute atomic E-state index is 0.0191. The normalized spacial score (nSPS) is 12.7. The highest BCUT2D eigenvalue weighted by molar-refractivity contribution is 5.07. The van der Waals surface area contributed by atoms with Gasteiger partial charge in [0.25, 0.3) is 0 Å². The molecule has 0 saturated carbocycles. The minimum atomic E-state index is -0.0191. The topological polar surface area (TPSA) is 69.6 Å². The maximum Gasteiger partial charge on any atom is 0.115 e. The Kier molecular flexibility index (Phi) is 2.73. The molecule has 0 saturated heterocycles. The Morgan fingerprint density at radius 1 is 1.47 bits per heavy atom. The number of nitrogens with two attached hydrogens (primary N) is 1. The largest absolute Gasteiger partial charge is 0.327 e. The van der Waals surface area contributed by atoms with E-state index in [1.807, 2.05) is 17.6 Å². The fraction of sp³-hybridized carbons (Fsp3) is 0.300.